The number of nitrogens with one attached hydrogen (secondary N) is 1. The Morgan fingerprint density at radius 1 is 1.33 bits per heavy atom. The van der Waals surface area contributed by atoms with Gasteiger partial charge in [-0.2, -0.15) is 0 Å². The van der Waals surface area contributed by atoms with Gasteiger partial charge in [-0.1, -0.05) is 19.3 Å². The van der Waals surface area contributed by atoms with E-state index in [4.69, 9.17) is 0 Å². The van der Waals surface area contributed by atoms with Crippen molar-refractivity contribution >= 4 is 23.2 Å². The lowest BCUT2D eigenvalue weighted by Crippen LogP contribution is -2.44. The number of carbonyl (C=O) groups excluding carboxylic acids is 2. The van der Waals surface area contributed by atoms with Gasteiger partial charge in [-0.3, -0.25) is 14.5 Å². The number of hydrogen-bond acceptors (Lipinski definition) is 5. The van der Waals surface area contributed by atoms with Crippen LogP contribution in [-0.4, -0.2) is 33.8 Å². The van der Waals surface area contributed by atoms with Crippen LogP contribution in [0, 0.1) is 6.92 Å². The molecule has 2 heterocycles. The first kappa shape index (κ1) is 14.7. The minimum absolute atomic E-state index is 0.00886. The normalized spacial score (nSPS) is 24.0. The van der Waals surface area contributed by atoms with Gasteiger partial charge in [0.1, 0.15) is 0 Å². The lowest BCUT2D eigenvalue weighted by Gasteiger charge is -2.29. The molecule has 5 nitrogen and oxygen atoms in total. The van der Waals surface area contributed by atoms with Crippen LogP contribution in [0.5, 0.6) is 0 Å². The van der Waals surface area contributed by atoms with Crippen LogP contribution < -0.4 is 5.32 Å². The zero-order chi connectivity index (χ0) is 14.8. The molecule has 1 aliphatic carbocycles. The molecule has 1 unspecified atom stereocenters. The molecule has 0 spiro atoms. The van der Waals surface area contributed by atoms with E-state index in [2.05, 4.69) is 10.3 Å². The van der Waals surface area contributed by atoms with Crippen molar-refractivity contribution in [3.05, 3.63) is 16.1 Å². The first-order valence-electron chi connectivity index (χ1n) is 7.65. The number of hydrogen-bond donors (Lipinski definition) is 1. The molecule has 1 aromatic rings. The lowest BCUT2D eigenvalue weighted by molar-refractivity contribution is -0.142. The van der Waals surface area contributed by atoms with Crippen molar-refractivity contribution in [3.63, 3.8) is 0 Å². The summed E-state index contributed by atoms with van der Waals surface area (Å²) in [4.78, 5) is 31.5. The van der Waals surface area contributed by atoms with Crippen molar-refractivity contribution in [2.24, 2.45) is 0 Å². The third-order valence-electron chi connectivity index (χ3n) is 4.48. The summed E-state index contributed by atoms with van der Waals surface area (Å²) in [6.07, 6.45) is 5.71. The van der Waals surface area contributed by atoms with Gasteiger partial charge in [-0.05, 0) is 19.8 Å². The van der Waals surface area contributed by atoms with Crippen LogP contribution in [0.1, 0.15) is 49.1 Å². The second-order valence-corrected chi connectivity index (χ2v) is 6.83. The Bertz CT molecular complexity index is 537. The third kappa shape index (κ3) is 3.01. The molecule has 1 saturated carbocycles. The maximum absolute atomic E-state index is 12.5. The predicted molar refractivity (Wildman–Crippen MR) is 80.8 cm³/mol. The number of imide groups is 1. The Morgan fingerprint density at radius 3 is 2.76 bits per heavy atom. The fourth-order valence-electron chi connectivity index (χ4n) is 3.25. The van der Waals surface area contributed by atoms with Gasteiger partial charge in [0.05, 0.1) is 23.7 Å². The molecule has 1 atom stereocenters. The van der Waals surface area contributed by atoms with Crippen LogP contribution in [-0.2, 0) is 16.1 Å². The zero-order valence-corrected chi connectivity index (χ0v) is 13.1. The summed E-state index contributed by atoms with van der Waals surface area (Å²) >= 11 is 1.58. The van der Waals surface area contributed by atoms with Gasteiger partial charge >= 0.3 is 0 Å². The van der Waals surface area contributed by atoms with Gasteiger partial charge in [-0.25, -0.2) is 4.98 Å². The minimum Gasteiger partial charge on any atom is -0.300 e. The van der Waals surface area contributed by atoms with Gasteiger partial charge in [0, 0.05) is 17.5 Å². The molecule has 1 aromatic heterocycles. The predicted octanol–water partition coefficient (Wildman–Crippen LogP) is 2.00. The summed E-state index contributed by atoms with van der Waals surface area (Å²) in [6.45, 7) is 2.57. The van der Waals surface area contributed by atoms with E-state index in [1.54, 1.807) is 11.3 Å². The standard InChI is InChI=1S/C15H21N3O2S/c1-10-13(21-9-17-10)8-16-12-7-14(19)18(15(12)20)11-5-3-2-4-6-11/h9,11-12,16H,2-8H2,1H3. The monoisotopic (exact) mass is 307 g/mol. The molecule has 6 heteroatoms. The lowest BCUT2D eigenvalue weighted by atomic mass is 9.94. The molecule has 1 aliphatic heterocycles. The number of likely N-dealkylation sites (tertiary alicyclic amines) is 1. The first-order valence-corrected chi connectivity index (χ1v) is 8.53. The summed E-state index contributed by atoms with van der Waals surface area (Å²) in [5, 5.41) is 3.23. The number of nitrogens with zero attached hydrogens (tertiary/aromatic N) is 2. The molecule has 114 valence electrons. The molecule has 2 amide bonds. The second kappa shape index (κ2) is 6.23. The number of amides is 2. The summed E-state index contributed by atoms with van der Waals surface area (Å²) < 4.78 is 0. The topological polar surface area (TPSA) is 62.3 Å². The van der Waals surface area contributed by atoms with Crippen LogP contribution in [0.4, 0.5) is 0 Å². The SMILES string of the molecule is Cc1ncsc1CNC1CC(=O)N(C2CCCCC2)C1=O. The first-order chi connectivity index (χ1) is 10.2. The maximum atomic E-state index is 12.5. The van der Waals surface area contributed by atoms with Gasteiger partial charge in [0.2, 0.25) is 11.8 Å². The molecule has 0 bridgehead atoms. The zero-order valence-electron chi connectivity index (χ0n) is 12.3. The summed E-state index contributed by atoms with van der Waals surface area (Å²) in [5.74, 6) is -0.0421. The van der Waals surface area contributed by atoms with Gasteiger partial charge in [0.15, 0.2) is 0 Å². The van der Waals surface area contributed by atoms with Crippen LogP contribution >= 0.6 is 11.3 Å². The molecule has 2 fully saturated rings. The van der Waals surface area contributed by atoms with Crippen LogP contribution in [0.2, 0.25) is 0 Å². The Labute approximate surface area is 128 Å². The van der Waals surface area contributed by atoms with E-state index < -0.39 is 0 Å². The molecule has 1 N–H and O–H groups in total. The molecule has 3 rings (SSSR count). The van der Waals surface area contributed by atoms with E-state index in [1.165, 1.54) is 11.3 Å². The highest BCUT2D eigenvalue weighted by molar-refractivity contribution is 7.09. The number of aryl methyl sites for hydroxylation is 1. The molecular formula is C15H21N3O2S. The molecular weight excluding hydrogens is 286 g/mol. The minimum atomic E-state index is -0.360. The molecule has 21 heavy (non-hydrogen) atoms. The van der Waals surface area contributed by atoms with E-state index in [-0.39, 0.29) is 23.9 Å². The largest absolute Gasteiger partial charge is 0.300 e. The quantitative estimate of drug-likeness (QED) is 0.864. The number of thiazole rings is 1. The fraction of sp³-hybridized carbons (Fsp3) is 0.667. The average Bonchev–Trinajstić information content (AvgIpc) is 3.01. The molecule has 1 saturated heterocycles. The van der Waals surface area contributed by atoms with Crippen molar-refractivity contribution < 1.29 is 9.59 Å². The molecule has 2 aliphatic rings. The summed E-state index contributed by atoms with van der Waals surface area (Å²) in [7, 11) is 0. The van der Waals surface area contributed by atoms with E-state index in [0.717, 1.165) is 36.3 Å². The van der Waals surface area contributed by atoms with E-state index >= 15 is 0 Å². The molecule has 0 aromatic carbocycles. The number of aromatic nitrogens is 1. The van der Waals surface area contributed by atoms with Gasteiger partial charge in [-0.15, -0.1) is 11.3 Å². The maximum Gasteiger partial charge on any atom is 0.247 e. The Balaban J connectivity index is 1.61. The fourth-order valence-corrected chi connectivity index (χ4v) is 3.97. The third-order valence-corrected chi connectivity index (χ3v) is 5.41. The van der Waals surface area contributed by atoms with Gasteiger partial charge in [0.25, 0.3) is 0 Å². The van der Waals surface area contributed by atoms with Crippen molar-refractivity contribution in [1.82, 2.24) is 15.2 Å². The van der Waals surface area contributed by atoms with Crippen molar-refractivity contribution in [2.75, 3.05) is 0 Å². The Hall–Kier alpha value is -1.27. The second-order valence-electron chi connectivity index (χ2n) is 5.89. The van der Waals surface area contributed by atoms with Crippen molar-refractivity contribution in [1.29, 1.82) is 0 Å². The van der Waals surface area contributed by atoms with Gasteiger partial charge < -0.3 is 5.32 Å². The van der Waals surface area contributed by atoms with Crippen molar-refractivity contribution in [2.45, 2.75) is 64.1 Å². The smallest absolute Gasteiger partial charge is 0.247 e. The van der Waals surface area contributed by atoms with E-state index in [1.807, 2.05) is 12.4 Å². The van der Waals surface area contributed by atoms with Crippen LogP contribution in [0.15, 0.2) is 5.51 Å². The average molecular weight is 307 g/mol. The Kier molecular flexibility index (Phi) is 4.35. The van der Waals surface area contributed by atoms with E-state index in [9.17, 15) is 9.59 Å². The highest BCUT2D eigenvalue weighted by Crippen LogP contribution is 2.27. The highest BCUT2D eigenvalue weighted by Gasteiger charge is 2.42. The Morgan fingerprint density at radius 2 is 2.10 bits per heavy atom. The highest BCUT2D eigenvalue weighted by atomic mass is 32.1. The summed E-state index contributed by atoms with van der Waals surface area (Å²) in [5.41, 5.74) is 2.80. The number of rotatable bonds is 4. The van der Waals surface area contributed by atoms with Crippen LogP contribution in [0.25, 0.3) is 0 Å². The summed E-state index contributed by atoms with van der Waals surface area (Å²) in [6, 6.07) is -0.225. The number of carbonyl (C=O) groups is 2. The van der Waals surface area contributed by atoms with Crippen molar-refractivity contribution in [3.8, 4) is 0 Å². The van der Waals surface area contributed by atoms with Crippen LogP contribution in [0.3, 0.4) is 0 Å². The van der Waals surface area contributed by atoms with E-state index in [0.29, 0.717) is 13.0 Å². The molecule has 0 radical (unpaired) electrons.